The molecule has 1 aliphatic heterocycles. The third-order valence-corrected chi connectivity index (χ3v) is 7.88. The lowest BCUT2D eigenvalue weighted by Gasteiger charge is -2.32. The smallest absolute Gasteiger partial charge is 0.317 e. The van der Waals surface area contributed by atoms with E-state index in [0.717, 1.165) is 0 Å². The largest absolute Gasteiger partial charge is 0.393 e. The molecule has 1 saturated heterocycles. The SMILES string of the molecule is O=C1OC(=O)[C@@H]2[C@H]3C[C@H]([C@@H](NS(=O)(=O)c4ccccc4)[C@H]3Br)[C@@H]12. The normalized spacial score (nSPS) is 38.7. The standard InChI is InChI=1S/C15H14BrNO5S/c16-12-8-6-9(11-10(8)14(18)22-15(11)19)13(12)17-23(20,21)7-4-2-1-3-5-7/h1-5,8-13,17H,6H2/t8-,9+,10-,11-,12+,13-/m1/s1. The van der Waals surface area contributed by atoms with Crippen LogP contribution in [0, 0.1) is 23.7 Å². The van der Waals surface area contributed by atoms with Gasteiger partial charge in [0, 0.05) is 10.9 Å². The van der Waals surface area contributed by atoms with Crippen molar-refractivity contribution in [3.63, 3.8) is 0 Å². The van der Waals surface area contributed by atoms with E-state index in [1.165, 1.54) is 12.1 Å². The highest BCUT2D eigenvalue weighted by molar-refractivity contribution is 9.09. The highest BCUT2D eigenvalue weighted by Gasteiger charge is 2.66. The molecule has 4 rings (SSSR count). The minimum Gasteiger partial charge on any atom is -0.393 e. The predicted octanol–water partition coefficient (Wildman–Crippen LogP) is 1.06. The summed E-state index contributed by atoms with van der Waals surface area (Å²) in [5, 5.41) is 0. The van der Waals surface area contributed by atoms with Crippen LogP contribution in [0.4, 0.5) is 0 Å². The highest BCUT2D eigenvalue weighted by Crippen LogP contribution is 2.57. The monoisotopic (exact) mass is 399 g/mol. The molecular formula is C15H14BrNO5S. The predicted molar refractivity (Wildman–Crippen MR) is 82.9 cm³/mol. The van der Waals surface area contributed by atoms with Gasteiger partial charge in [0.2, 0.25) is 10.0 Å². The summed E-state index contributed by atoms with van der Waals surface area (Å²) in [6, 6.07) is 7.68. The molecule has 1 aromatic rings. The summed E-state index contributed by atoms with van der Waals surface area (Å²) in [5.41, 5.74) is 0. The van der Waals surface area contributed by atoms with Gasteiger partial charge in [0.25, 0.3) is 0 Å². The van der Waals surface area contributed by atoms with Gasteiger partial charge >= 0.3 is 11.9 Å². The Balaban J connectivity index is 1.62. The van der Waals surface area contributed by atoms with E-state index in [2.05, 4.69) is 20.7 Å². The number of cyclic esters (lactones) is 2. The molecule has 0 amide bonds. The van der Waals surface area contributed by atoms with Crippen LogP contribution in [0.3, 0.4) is 0 Å². The first-order valence-corrected chi connectivity index (χ1v) is 9.77. The zero-order chi connectivity index (χ0) is 16.4. The summed E-state index contributed by atoms with van der Waals surface area (Å²) >= 11 is 3.52. The molecule has 6 atom stereocenters. The number of rotatable bonds is 3. The van der Waals surface area contributed by atoms with Crippen LogP contribution in [0.5, 0.6) is 0 Å². The zero-order valence-corrected chi connectivity index (χ0v) is 14.3. The van der Waals surface area contributed by atoms with Crippen molar-refractivity contribution in [1.29, 1.82) is 0 Å². The van der Waals surface area contributed by atoms with Crippen LogP contribution >= 0.6 is 15.9 Å². The van der Waals surface area contributed by atoms with E-state index < -0.39 is 39.8 Å². The lowest BCUT2D eigenvalue weighted by Crippen LogP contribution is -2.50. The Morgan fingerprint density at radius 2 is 1.65 bits per heavy atom. The van der Waals surface area contributed by atoms with Crippen molar-refractivity contribution < 1.29 is 22.7 Å². The number of carbonyl (C=O) groups is 2. The van der Waals surface area contributed by atoms with Crippen LogP contribution in [-0.2, 0) is 24.3 Å². The van der Waals surface area contributed by atoms with Gasteiger partial charge in [0.05, 0.1) is 16.7 Å². The first-order chi connectivity index (χ1) is 10.9. The molecule has 3 fully saturated rings. The second-order valence-electron chi connectivity index (χ2n) is 6.26. The Kier molecular flexibility index (Phi) is 3.40. The molecule has 3 aliphatic rings. The molecule has 0 spiro atoms. The lowest BCUT2D eigenvalue weighted by atomic mass is 9.79. The molecule has 122 valence electrons. The zero-order valence-electron chi connectivity index (χ0n) is 11.9. The summed E-state index contributed by atoms with van der Waals surface area (Å²) in [7, 11) is -3.68. The minimum atomic E-state index is -3.68. The number of hydrogen-bond donors (Lipinski definition) is 1. The van der Waals surface area contributed by atoms with Crippen LogP contribution in [0.2, 0.25) is 0 Å². The van der Waals surface area contributed by atoms with Gasteiger partial charge in [-0.2, -0.15) is 0 Å². The first kappa shape index (κ1) is 15.3. The number of fused-ring (bicyclic) bond motifs is 5. The summed E-state index contributed by atoms with van der Waals surface area (Å²) in [6.07, 6.45) is 0.647. The van der Waals surface area contributed by atoms with E-state index in [0.29, 0.717) is 6.42 Å². The molecule has 2 bridgehead atoms. The molecule has 1 heterocycles. The number of esters is 2. The number of hydrogen-bond acceptors (Lipinski definition) is 5. The van der Waals surface area contributed by atoms with Crippen molar-refractivity contribution in [3.05, 3.63) is 30.3 Å². The number of ether oxygens (including phenoxy) is 1. The van der Waals surface area contributed by atoms with Gasteiger partial charge in [-0.15, -0.1) is 0 Å². The van der Waals surface area contributed by atoms with E-state index in [-0.39, 0.29) is 21.6 Å². The number of halogens is 1. The molecular weight excluding hydrogens is 386 g/mol. The quantitative estimate of drug-likeness (QED) is 0.466. The fourth-order valence-corrected chi connectivity index (χ4v) is 6.79. The molecule has 0 radical (unpaired) electrons. The molecule has 8 heteroatoms. The van der Waals surface area contributed by atoms with Crippen LogP contribution in [0.25, 0.3) is 0 Å². The van der Waals surface area contributed by atoms with Crippen molar-refractivity contribution in [2.24, 2.45) is 23.7 Å². The van der Waals surface area contributed by atoms with Crippen molar-refractivity contribution in [2.45, 2.75) is 22.2 Å². The van der Waals surface area contributed by atoms with E-state index in [9.17, 15) is 18.0 Å². The molecule has 1 aromatic carbocycles. The lowest BCUT2D eigenvalue weighted by molar-refractivity contribution is -0.154. The van der Waals surface area contributed by atoms with Gasteiger partial charge in [0.1, 0.15) is 0 Å². The minimum absolute atomic E-state index is 0.0765. The van der Waals surface area contributed by atoms with Crippen molar-refractivity contribution in [2.75, 3.05) is 0 Å². The Hall–Kier alpha value is -1.25. The van der Waals surface area contributed by atoms with Gasteiger partial charge in [-0.1, -0.05) is 34.1 Å². The maximum atomic E-state index is 12.5. The molecule has 0 aromatic heterocycles. The average Bonchev–Trinajstić information content (AvgIpc) is 3.14. The summed E-state index contributed by atoms with van der Waals surface area (Å²) in [4.78, 5) is 23.7. The summed E-state index contributed by atoms with van der Waals surface area (Å²) in [5.74, 6) is -2.24. The second kappa shape index (κ2) is 5.12. The highest BCUT2D eigenvalue weighted by atomic mass is 79.9. The van der Waals surface area contributed by atoms with Gasteiger partial charge in [0.15, 0.2) is 0 Å². The number of sulfonamides is 1. The van der Waals surface area contributed by atoms with E-state index >= 15 is 0 Å². The van der Waals surface area contributed by atoms with Crippen LogP contribution in [0.15, 0.2) is 35.2 Å². The maximum absolute atomic E-state index is 12.5. The number of nitrogens with one attached hydrogen (secondary N) is 1. The van der Waals surface area contributed by atoms with E-state index in [1.54, 1.807) is 18.2 Å². The third kappa shape index (κ3) is 2.19. The van der Waals surface area contributed by atoms with Crippen LogP contribution < -0.4 is 4.72 Å². The van der Waals surface area contributed by atoms with Crippen molar-refractivity contribution >= 4 is 37.9 Å². The Morgan fingerprint density at radius 1 is 1.04 bits per heavy atom. The van der Waals surface area contributed by atoms with Gasteiger partial charge < -0.3 is 4.74 Å². The molecule has 2 aliphatic carbocycles. The Labute approximate surface area is 141 Å². The van der Waals surface area contributed by atoms with Gasteiger partial charge in [-0.3, -0.25) is 9.59 Å². The van der Waals surface area contributed by atoms with E-state index in [1.807, 2.05) is 0 Å². The van der Waals surface area contributed by atoms with Crippen LogP contribution in [0.1, 0.15) is 6.42 Å². The fourth-order valence-electron chi connectivity index (χ4n) is 4.22. The van der Waals surface area contributed by atoms with E-state index in [4.69, 9.17) is 4.74 Å². The van der Waals surface area contributed by atoms with Crippen LogP contribution in [-0.4, -0.2) is 31.2 Å². The van der Waals surface area contributed by atoms with Crippen molar-refractivity contribution in [3.8, 4) is 0 Å². The average molecular weight is 400 g/mol. The molecule has 6 nitrogen and oxygen atoms in total. The first-order valence-electron chi connectivity index (χ1n) is 7.37. The fraction of sp³-hybridized carbons (Fsp3) is 0.467. The summed E-state index contributed by atoms with van der Waals surface area (Å²) < 4.78 is 32.5. The second-order valence-corrected chi connectivity index (χ2v) is 9.03. The topological polar surface area (TPSA) is 89.5 Å². The Morgan fingerprint density at radius 3 is 2.30 bits per heavy atom. The van der Waals surface area contributed by atoms with Gasteiger partial charge in [-0.25, -0.2) is 13.1 Å². The number of benzene rings is 1. The number of alkyl halides is 1. The molecule has 1 N–H and O–H groups in total. The third-order valence-electron chi connectivity index (χ3n) is 5.16. The van der Waals surface area contributed by atoms with Gasteiger partial charge in [-0.05, 0) is 30.4 Å². The maximum Gasteiger partial charge on any atom is 0.317 e. The Bertz CT molecular complexity index is 780. The molecule has 23 heavy (non-hydrogen) atoms. The number of carbonyl (C=O) groups excluding carboxylic acids is 2. The molecule has 2 saturated carbocycles. The van der Waals surface area contributed by atoms with Crippen molar-refractivity contribution in [1.82, 2.24) is 4.72 Å². The summed E-state index contributed by atoms with van der Waals surface area (Å²) in [6.45, 7) is 0. The molecule has 0 unspecified atom stereocenters.